The number of carbonyl (C=O) groups is 1. The molecule has 2 aromatic carbocycles. The lowest BCUT2D eigenvalue weighted by molar-refractivity contribution is 0.0915. The minimum atomic E-state index is -0.416. The fraction of sp³-hybridized carbons (Fsp3) is 0.188. The normalized spacial score (nSPS) is 11.9. The second kappa shape index (κ2) is 6.21. The maximum Gasteiger partial charge on any atom is 0.252 e. The van der Waals surface area contributed by atoms with Gasteiger partial charge >= 0.3 is 0 Å². The fourth-order valence-electron chi connectivity index (χ4n) is 2.10. The van der Waals surface area contributed by atoms with Crippen molar-refractivity contribution in [2.45, 2.75) is 13.0 Å². The van der Waals surface area contributed by atoms with Crippen molar-refractivity contribution in [2.75, 3.05) is 12.3 Å². The van der Waals surface area contributed by atoms with E-state index in [-0.39, 0.29) is 12.5 Å². The largest absolute Gasteiger partial charge is 0.399 e. The van der Waals surface area contributed by atoms with Crippen LogP contribution in [0, 0.1) is 6.92 Å². The van der Waals surface area contributed by atoms with Crippen LogP contribution in [0.1, 0.15) is 27.5 Å². The molecule has 2 aromatic rings. The molecule has 0 saturated carbocycles. The van der Waals surface area contributed by atoms with Crippen molar-refractivity contribution in [2.24, 2.45) is 0 Å². The maximum absolute atomic E-state index is 12.3. The molecule has 0 heterocycles. The number of aryl methyl sites for hydroxylation is 1. The first-order valence-corrected chi connectivity index (χ1v) is 6.44. The van der Waals surface area contributed by atoms with Gasteiger partial charge in [0.2, 0.25) is 0 Å². The Morgan fingerprint density at radius 3 is 2.55 bits per heavy atom. The van der Waals surface area contributed by atoms with E-state index >= 15 is 0 Å². The number of nitrogens with one attached hydrogen (secondary N) is 1. The van der Waals surface area contributed by atoms with Crippen LogP contribution >= 0.6 is 0 Å². The summed E-state index contributed by atoms with van der Waals surface area (Å²) in [4.78, 5) is 12.3. The van der Waals surface area contributed by atoms with Crippen molar-refractivity contribution in [3.63, 3.8) is 0 Å². The molecule has 1 atom stereocenters. The number of nitrogen functional groups attached to an aromatic ring is 1. The van der Waals surface area contributed by atoms with Gasteiger partial charge in [0.25, 0.3) is 5.91 Å². The number of aliphatic hydroxyl groups excluding tert-OH is 1. The Bertz CT molecular complexity index is 597. The molecule has 0 radical (unpaired) electrons. The van der Waals surface area contributed by atoms with Crippen LogP contribution in [0.15, 0.2) is 48.5 Å². The summed E-state index contributed by atoms with van der Waals surface area (Å²) in [5.74, 6) is -0.217. The van der Waals surface area contributed by atoms with Crippen LogP contribution in [0.5, 0.6) is 0 Å². The highest BCUT2D eigenvalue weighted by atomic mass is 16.3. The molecule has 0 aromatic heterocycles. The number of rotatable bonds is 4. The van der Waals surface area contributed by atoms with E-state index in [1.165, 1.54) is 0 Å². The van der Waals surface area contributed by atoms with Gasteiger partial charge in [0.05, 0.1) is 12.6 Å². The molecule has 0 bridgehead atoms. The van der Waals surface area contributed by atoms with E-state index in [9.17, 15) is 9.90 Å². The zero-order chi connectivity index (χ0) is 14.5. The highest BCUT2D eigenvalue weighted by Gasteiger charge is 2.16. The van der Waals surface area contributed by atoms with Crippen LogP contribution in [0.25, 0.3) is 0 Å². The van der Waals surface area contributed by atoms with E-state index in [4.69, 9.17) is 5.73 Å². The minimum absolute atomic E-state index is 0.149. The van der Waals surface area contributed by atoms with E-state index in [0.717, 1.165) is 11.1 Å². The van der Waals surface area contributed by atoms with Gasteiger partial charge in [-0.15, -0.1) is 0 Å². The molecule has 4 N–H and O–H groups in total. The fourth-order valence-corrected chi connectivity index (χ4v) is 2.10. The third-order valence-electron chi connectivity index (χ3n) is 3.18. The Balaban J connectivity index is 2.17. The second-order valence-corrected chi connectivity index (χ2v) is 4.69. The lowest BCUT2D eigenvalue weighted by Gasteiger charge is -2.17. The van der Waals surface area contributed by atoms with Gasteiger partial charge in [-0.2, -0.15) is 0 Å². The standard InChI is InChI=1S/C16H18N2O2/c1-11-9-13(17)7-8-14(11)16(20)18-15(10-19)12-5-3-2-4-6-12/h2-9,15,19H,10,17H2,1H3,(H,18,20). The molecule has 0 aliphatic rings. The Labute approximate surface area is 118 Å². The molecule has 1 unspecified atom stereocenters. The molecule has 0 aliphatic carbocycles. The van der Waals surface area contributed by atoms with Crippen LogP contribution in [-0.2, 0) is 0 Å². The van der Waals surface area contributed by atoms with E-state index in [1.807, 2.05) is 37.3 Å². The summed E-state index contributed by atoms with van der Waals surface area (Å²) >= 11 is 0. The highest BCUT2D eigenvalue weighted by Crippen LogP contribution is 2.16. The molecular formula is C16H18N2O2. The molecule has 0 fully saturated rings. The Morgan fingerprint density at radius 1 is 1.25 bits per heavy atom. The summed E-state index contributed by atoms with van der Waals surface area (Å²) < 4.78 is 0. The van der Waals surface area contributed by atoms with E-state index < -0.39 is 6.04 Å². The second-order valence-electron chi connectivity index (χ2n) is 4.69. The summed E-state index contributed by atoms with van der Waals surface area (Å²) in [5, 5.41) is 12.3. The lowest BCUT2D eigenvalue weighted by atomic mass is 10.0. The summed E-state index contributed by atoms with van der Waals surface area (Å²) in [6, 6.07) is 14.1. The Hall–Kier alpha value is -2.33. The van der Waals surface area contributed by atoms with Gasteiger partial charge in [-0.05, 0) is 36.2 Å². The van der Waals surface area contributed by atoms with Crippen LogP contribution in [0.4, 0.5) is 5.69 Å². The first-order chi connectivity index (χ1) is 9.61. The number of carbonyl (C=O) groups excluding carboxylic acids is 1. The van der Waals surface area contributed by atoms with Gasteiger partial charge < -0.3 is 16.2 Å². The van der Waals surface area contributed by atoms with Crippen molar-refractivity contribution < 1.29 is 9.90 Å². The predicted molar refractivity (Wildman–Crippen MR) is 79.3 cm³/mol. The molecule has 0 spiro atoms. The quantitative estimate of drug-likeness (QED) is 0.744. The molecule has 20 heavy (non-hydrogen) atoms. The van der Waals surface area contributed by atoms with Crippen LogP contribution in [0.3, 0.4) is 0 Å². The first-order valence-electron chi connectivity index (χ1n) is 6.44. The predicted octanol–water partition coefficient (Wildman–Crippen LogP) is 2.04. The van der Waals surface area contributed by atoms with Crippen molar-refractivity contribution >= 4 is 11.6 Å². The van der Waals surface area contributed by atoms with Gasteiger partial charge in [-0.1, -0.05) is 30.3 Å². The molecule has 0 aliphatic heterocycles. The van der Waals surface area contributed by atoms with E-state index in [2.05, 4.69) is 5.32 Å². The zero-order valence-electron chi connectivity index (χ0n) is 11.3. The highest BCUT2D eigenvalue weighted by molar-refractivity contribution is 5.96. The lowest BCUT2D eigenvalue weighted by Crippen LogP contribution is -2.31. The number of hydrogen-bond acceptors (Lipinski definition) is 3. The molecule has 0 saturated heterocycles. The number of amides is 1. The Kier molecular flexibility index (Phi) is 4.38. The number of nitrogens with two attached hydrogens (primary N) is 1. The smallest absolute Gasteiger partial charge is 0.252 e. The summed E-state index contributed by atoms with van der Waals surface area (Å²) in [6.07, 6.45) is 0. The average molecular weight is 270 g/mol. The summed E-state index contributed by atoms with van der Waals surface area (Å²) in [7, 11) is 0. The van der Waals surface area contributed by atoms with Gasteiger partial charge in [0.1, 0.15) is 0 Å². The number of benzene rings is 2. The number of aliphatic hydroxyl groups is 1. The topological polar surface area (TPSA) is 75.4 Å². The zero-order valence-corrected chi connectivity index (χ0v) is 11.3. The Morgan fingerprint density at radius 2 is 1.95 bits per heavy atom. The van der Waals surface area contributed by atoms with Gasteiger partial charge in [-0.25, -0.2) is 0 Å². The van der Waals surface area contributed by atoms with Gasteiger partial charge in [-0.3, -0.25) is 4.79 Å². The molecule has 104 valence electrons. The van der Waals surface area contributed by atoms with Crippen molar-refractivity contribution in [1.29, 1.82) is 0 Å². The van der Waals surface area contributed by atoms with Crippen molar-refractivity contribution in [3.8, 4) is 0 Å². The van der Waals surface area contributed by atoms with Crippen molar-refractivity contribution in [1.82, 2.24) is 5.32 Å². The summed E-state index contributed by atoms with van der Waals surface area (Å²) in [6.45, 7) is 1.69. The molecule has 4 heteroatoms. The molecule has 1 amide bonds. The van der Waals surface area contributed by atoms with Crippen molar-refractivity contribution in [3.05, 3.63) is 65.2 Å². The van der Waals surface area contributed by atoms with Gasteiger partial charge in [0.15, 0.2) is 0 Å². The SMILES string of the molecule is Cc1cc(N)ccc1C(=O)NC(CO)c1ccccc1. The monoisotopic (exact) mass is 270 g/mol. The maximum atomic E-state index is 12.3. The minimum Gasteiger partial charge on any atom is -0.399 e. The number of hydrogen-bond donors (Lipinski definition) is 3. The van der Waals surface area contributed by atoms with Crippen LogP contribution in [-0.4, -0.2) is 17.6 Å². The summed E-state index contributed by atoms with van der Waals surface area (Å²) in [5.41, 5.74) is 8.55. The molecule has 2 rings (SSSR count). The van der Waals surface area contributed by atoms with Crippen LogP contribution in [0.2, 0.25) is 0 Å². The average Bonchev–Trinajstić information content (AvgIpc) is 2.45. The first kappa shape index (κ1) is 14.1. The molecular weight excluding hydrogens is 252 g/mol. The van der Waals surface area contributed by atoms with Crippen LogP contribution < -0.4 is 11.1 Å². The number of anilines is 1. The van der Waals surface area contributed by atoms with E-state index in [1.54, 1.807) is 18.2 Å². The van der Waals surface area contributed by atoms with Gasteiger partial charge in [0, 0.05) is 11.3 Å². The van der Waals surface area contributed by atoms with E-state index in [0.29, 0.717) is 11.3 Å². The third-order valence-corrected chi connectivity index (χ3v) is 3.18. The third kappa shape index (κ3) is 3.16. The molecule has 4 nitrogen and oxygen atoms in total.